The molecule has 0 unspecified atom stereocenters. The molecular formula is C20H21N3O2S. The lowest BCUT2D eigenvalue weighted by Crippen LogP contribution is -2.35. The molecule has 134 valence electrons. The lowest BCUT2D eigenvalue weighted by molar-refractivity contribution is 0.309. The van der Waals surface area contributed by atoms with Gasteiger partial charge in [0, 0.05) is 11.5 Å². The van der Waals surface area contributed by atoms with Crippen LogP contribution in [0.3, 0.4) is 0 Å². The highest BCUT2D eigenvalue weighted by atomic mass is 32.1. The molecule has 4 rings (SSSR count). The minimum atomic E-state index is 0.00718. The highest BCUT2D eigenvalue weighted by Gasteiger charge is 2.42. The fraction of sp³-hybridized carbons (Fsp3) is 0.300. The Hall–Kier alpha value is -2.60. The molecule has 2 N–H and O–H groups in total. The summed E-state index contributed by atoms with van der Waals surface area (Å²) in [7, 11) is 3.35. The molecule has 2 atom stereocenters. The van der Waals surface area contributed by atoms with Gasteiger partial charge in [-0.3, -0.25) is 0 Å². The summed E-state index contributed by atoms with van der Waals surface area (Å²) >= 11 is 5.30. The Kier molecular flexibility index (Phi) is 4.28. The SMILES string of the molecule is COc1ccc([C@@H]2[C@@H]3CCc4ccc(OC)cc4C3=NN2C(N)=S)cc1. The Morgan fingerprint density at radius 3 is 2.46 bits per heavy atom. The number of hydrogen-bond donors (Lipinski definition) is 1. The zero-order valence-electron chi connectivity index (χ0n) is 14.8. The second kappa shape index (κ2) is 6.61. The van der Waals surface area contributed by atoms with Gasteiger partial charge in [-0.05, 0) is 60.5 Å². The molecule has 1 aliphatic carbocycles. The fourth-order valence-electron chi connectivity index (χ4n) is 3.93. The summed E-state index contributed by atoms with van der Waals surface area (Å²) in [5.74, 6) is 1.90. The van der Waals surface area contributed by atoms with E-state index in [9.17, 15) is 0 Å². The minimum absolute atomic E-state index is 0.00718. The average Bonchev–Trinajstić information content (AvgIpc) is 3.08. The number of nitrogens with zero attached hydrogens (tertiary/aromatic N) is 2. The van der Waals surface area contributed by atoms with E-state index in [0.29, 0.717) is 0 Å². The van der Waals surface area contributed by atoms with Crippen LogP contribution in [0, 0.1) is 5.92 Å². The molecule has 0 aromatic heterocycles. The van der Waals surface area contributed by atoms with Crippen molar-refractivity contribution in [2.75, 3.05) is 14.2 Å². The van der Waals surface area contributed by atoms with Gasteiger partial charge in [-0.25, -0.2) is 5.01 Å². The largest absolute Gasteiger partial charge is 0.497 e. The van der Waals surface area contributed by atoms with Crippen molar-refractivity contribution in [1.82, 2.24) is 5.01 Å². The van der Waals surface area contributed by atoms with Gasteiger partial charge < -0.3 is 15.2 Å². The number of benzene rings is 2. The van der Waals surface area contributed by atoms with E-state index in [4.69, 9.17) is 32.5 Å². The van der Waals surface area contributed by atoms with E-state index in [-0.39, 0.29) is 17.1 Å². The van der Waals surface area contributed by atoms with Crippen LogP contribution in [0.4, 0.5) is 0 Å². The maximum Gasteiger partial charge on any atom is 0.187 e. The molecule has 2 aromatic rings. The van der Waals surface area contributed by atoms with Gasteiger partial charge in [0.1, 0.15) is 11.5 Å². The summed E-state index contributed by atoms with van der Waals surface area (Å²) in [6, 6.07) is 14.2. The predicted octanol–water partition coefficient (Wildman–Crippen LogP) is 3.27. The Balaban J connectivity index is 1.77. The number of hydrazone groups is 1. The smallest absolute Gasteiger partial charge is 0.187 e. The molecule has 2 aliphatic rings. The van der Waals surface area contributed by atoms with Crippen molar-refractivity contribution in [3.05, 3.63) is 59.2 Å². The fourth-order valence-corrected chi connectivity index (χ4v) is 4.09. The van der Waals surface area contributed by atoms with Crippen LogP contribution < -0.4 is 15.2 Å². The van der Waals surface area contributed by atoms with Gasteiger partial charge in [0.25, 0.3) is 0 Å². The molecule has 2 aromatic carbocycles. The van der Waals surface area contributed by atoms with E-state index in [1.807, 2.05) is 18.2 Å². The summed E-state index contributed by atoms with van der Waals surface area (Å²) in [6.45, 7) is 0. The molecule has 1 heterocycles. The van der Waals surface area contributed by atoms with Gasteiger partial charge in [-0.15, -0.1) is 0 Å². The van der Waals surface area contributed by atoms with E-state index in [0.717, 1.165) is 41.2 Å². The normalized spacial score (nSPS) is 20.8. The third-order valence-corrected chi connectivity index (χ3v) is 5.40. The molecule has 0 spiro atoms. The first kappa shape index (κ1) is 16.8. The molecular weight excluding hydrogens is 346 g/mol. The first-order valence-corrected chi connectivity index (χ1v) is 9.01. The number of rotatable bonds is 3. The van der Waals surface area contributed by atoms with Gasteiger partial charge in [0.05, 0.1) is 26.0 Å². The Labute approximate surface area is 158 Å². The summed E-state index contributed by atoms with van der Waals surface area (Å²) in [6.07, 6.45) is 2.01. The molecule has 0 bridgehead atoms. The molecule has 0 saturated heterocycles. The summed E-state index contributed by atoms with van der Waals surface area (Å²) in [5, 5.41) is 6.90. The van der Waals surface area contributed by atoms with E-state index >= 15 is 0 Å². The maximum absolute atomic E-state index is 6.01. The van der Waals surface area contributed by atoms with Gasteiger partial charge in [0.15, 0.2) is 5.11 Å². The van der Waals surface area contributed by atoms with E-state index < -0.39 is 0 Å². The average molecular weight is 367 g/mol. The Bertz CT molecular complexity index is 879. The second-order valence-electron chi connectivity index (χ2n) is 6.55. The number of methoxy groups -OCH3 is 2. The Morgan fingerprint density at radius 2 is 1.81 bits per heavy atom. The zero-order chi connectivity index (χ0) is 18.3. The number of hydrogen-bond acceptors (Lipinski definition) is 4. The second-order valence-corrected chi connectivity index (χ2v) is 6.97. The van der Waals surface area contributed by atoms with Crippen LogP contribution in [0.2, 0.25) is 0 Å². The number of ether oxygens (including phenoxy) is 2. The van der Waals surface area contributed by atoms with E-state index in [2.05, 4.69) is 24.3 Å². The van der Waals surface area contributed by atoms with Crippen LogP contribution in [-0.2, 0) is 6.42 Å². The van der Waals surface area contributed by atoms with Gasteiger partial charge in [-0.1, -0.05) is 18.2 Å². The molecule has 0 radical (unpaired) electrons. The third kappa shape index (κ3) is 2.70. The van der Waals surface area contributed by atoms with Crippen LogP contribution in [0.5, 0.6) is 11.5 Å². The third-order valence-electron chi connectivity index (χ3n) is 5.21. The Morgan fingerprint density at radius 1 is 1.12 bits per heavy atom. The van der Waals surface area contributed by atoms with Crippen LogP contribution in [-0.4, -0.2) is 30.1 Å². The molecule has 0 saturated carbocycles. The lowest BCUT2D eigenvalue weighted by atomic mass is 9.77. The molecule has 1 aliphatic heterocycles. The minimum Gasteiger partial charge on any atom is -0.497 e. The number of fused-ring (bicyclic) bond motifs is 3. The van der Waals surface area contributed by atoms with Crippen molar-refractivity contribution in [3.63, 3.8) is 0 Å². The molecule has 0 amide bonds. The molecule has 0 fully saturated rings. The van der Waals surface area contributed by atoms with Crippen LogP contribution in [0.1, 0.15) is 29.2 Å². The van der Waals surface area contributed by atoms with Crippen LogP contribution >= 0.6 is 12.2 Å². The van der Waals surface area contributed by atoms with Crippen molar-refractivity contribution in [1.29, 1.82) is 0 Å². The first-order chi connectivity index (χ1) is 12.6. The summed E-state index contributed by atoms with van der Waals surface area (Å²) in [5.41, 5.74) is 10.6. The number of nitrogens with two attached hydrogens (primary N) is 1. The number of aryl methyl sites for hydroxylation is 1. The quantitative estimate of drug-likeness (QED) is 0.844. The molecule has 5 nitrogen and oxygen atoms in total. The highest BCUT2D eigenvalue weighted by Crippen LogP contribution is 2.44. The van der Waals surface area contributed by atoms with Crippen LogP contribution in [0.25, 0.3) is 0 Å². The van der Waals surface area contributed by atoms with Crippen molar-refractivity contribution in [2.24, 2.45) is 16.8 Å². The van der Waals surface area contributed by atoms with Crippen molar-refractivity contribution in [3.8, 4) is 11.5 Å². The zero-order valence-corrected chi connectivity index (χ0v) is 15.6. The van der Waals surface area contributed by atoms with Gasteiger partial charge in [0.2, 0.25) is 0 Å². The number of thiocarbonyl (C=S) groups is 1. The maximum atomic E-state index is 6.01. The van der Waals surface area contributed by atoms with E-state index in [1.54, 1.807) is 19.2 Å². The first-order valence-electron chi connectivity index (χ1n) is 8.60. The predicted molar refractivity (Wildman–Crippen MR) is 106 cm³/mol. The van der Waals surface area contributed by atoms with Crippen molar-refractivity contribution >= 4 is 23.0 Å². The van der Waals surface area contributed by atoms with E-state index in [1.165, 1.54) is 5.56 Å². The lowest BCUT2D eigenvalue weighted by Gasteiger charge is -2.30. The van der Waals surface area contributed by atoms with Crippen LogP contribution in [0.15, 0.2) is 47.6 Å². The molecule has 6 heteroatoms. The van der Waals surface area contributed by atoms with Crippen molar-refractivity contribution < 1.29 is 9.47 Å². The topological polar surface area (TPSA) is 60.1 Å². The summed E-state index contributed by atoms with van der Waals surface area (Å²) in [4.78, 5) is 0. The van der Waals surface area contributed by atoms with Crippen molar-refractivity contribution in [2.45, 2.75) is 18.9 Å². The monoisotopic (exact) mass is 367 g/mol. The highest BCUT2D eigenvalue weighted by molar-refractivity contribution is 7.80. The standard InChI is InChI=1S/C20H21N3O2S/c1-24-14-7-4-13(5-8-14)19-16-10-6-12-3-9-15(25-2)11-17(12)18(16)22-23(19)20(21)26/h3-5,7-9,11,16,19H,6,10H2,1-2H3,(H2,21,26)/t16-,19-/m1/s1. The van der Waals surface area contributed by atoms with Gasteiger partial charge >= 0.3 is 0 Å². The van der Waals surface area contributed by atoms with Gasteiger partial charge in [-0.2, -0.15) is 5.10 Å². The molecule has 26 heavy (non-hydrogen) atoms. The summed E-state index contributed by atoms with van der Waals surface area (Å²) < 4.78 is 10.7.